The average Bonchev–Trinajstić information content (AvgIpc) is 2.71. The Bertz CT molecular complexity index is 841. The van der Waals surface area contributed by atoms with Crippen LogP contribution in [0.25, 0.3) is 0 Å². The molecule has 1 aliphatic heterocycles. The van der Waals surface area contributed by atoms with Gasteiger partial charge < -0.3 is 9.80 Å². The molecular formula is C22H25ClN4O. The van der Waals surface area contributed by atoms with Gasteiger partial charge in [0.2, 0.25) is 5.91 Å². The molecule has 1 fully saturated rings. The summed E-state index contributed by atoms with van der Waals surface area (Å²) in [5, 5.41) is 9.68. The zero-order chi connectivity index (χ0) is 19.9. The summed E-state index contributed by atoms with van der Waals surface area (Å²) in [5.74, 6) is 0.0360. The molecule has 146 valence electrons. The molecular weight excluding hydrogens is 372 g/mol. The summed E-state index contributed by atoms with van der Waals surface area (Å²) in [6.45, 7) is 6.23. The van der Waals surface area contributed by atoms with Gasteiger partial charge in [-0.15, -0.1) is 0 Å². The summed E-state index contributed by atoms with van der Waals surface area (Å²) in [6.07, 6.45) is 0.322. The van der Waals surface area contributed by atoms with E-state index in [0.717, 1.165) is 36.9 Å². The maximum absolute atomic E-state index is 12.9. The van der Waals surface area contributed by atoms with Crippen molar-refractivity contribution >= 4 is 28.9 Å². The minimum absolute atomic E-state index is 0.0360. The van der Waals surface area contributed by atoms with Gasteiger partial charge in [0.15, 0.2) is 0 Å². The number of nitrogens with zero attached hydrogens (tertiary/aromatic N) is 4. The minimum Gasteiger partial charge on any atom is -0.369 e. The van der Waals surface area contributed by atoms with E-state index in [0.29, 0.717) is 19.5 Å². The summed E-state index contributed by atoms with van der Waals surface area (Å²) in [6, 6.07) is 17.7. The van der Waals surface area contributed by atoms with E-state index in [2.05, 4.69) is 22.8 Å². The van der Waals surface area contributed by atoms with Crippen LogP contribution in [-0.4, -0.2) is 50.1 Å². The van der Waals surface area contributed by atoms with Crippen LogP contribution >= 0.6 is 11.6 Å². The van der Waals surface area contributed by atoms with E-state index in [1.54, 1.807) is 4.90 Å². The molecule has 1 aliphatic rings. The van der Waals surface area contributed by atoms with Crippen molar-refractivity contribution in [3.05, 3.63) is 59.1 Å². The van der Waals surface area contributed by atoms with Crippen molar-refractivity contribution in [3.63, 3.8) is 0 Å². The maximum Gasteiger partial charge on any atom is 0.241 e. The van der Waals surface area contributed by atoms with Gasteiger partial charge in [-0.25, -0.2) is 0 Å². The highest BCUT2D eigenvalue weighted by Gasteiger charge is 2.23. The number of hydrogen-bond donors (Lipinski definition) is 0. The Hall–Kier alpha value is -2.55. The largest absolute Gasteiger partial charge is 0.369 e. The second-order valence-corrected chi connectivity index (χ2v) is 7.42. The van der Waals surface area contributed by atoms with Gasteiger partial charge in [-0.2, -0.15) is 5.26 Å². The number of piperazine rings is 1. The first kappa shape index (κ1) is 20.2. The number of benzene rings is 2. The molecule has 3 rings (SSSR count). The van der Waals surface area contributed by atoms with E-state index in [9.17, 15) is 4.79 Å². The summed E-state index contributed by atoms with van der Waals surface area (Å²) in [7, 11) is 0. The molecule has 0 aliphatic carbocycles. The molecule has 0 N–H and O–H groups in total. The van der Waals surface area contributed by atoms with Gasteiger partial charge in [0.05, 0.1) is 19.0 Å². The Labute approximate surface area is 171 Å². The molecule has 0 unspecified atom stereocenters. The molecule has 0 aromatic heterocycles. The van der Waals surface area contributed by atoms with Crippen LogP contribution in [0.1, 0.15) is 12.0 Å². The van der Waals surface area contributed by atoms with Crippen molar-refractivity contribution in [3.8, 4) is 6.07 Å². The van der Waals surface area contributed by atoms with Crippen molar-refractivity contribution in [2.45, 2.75) is 13.3 Å². The van der Waals surface area contributed by atoms with Crippen LogP contribution in [-0.2, 0) is 4.79 Å². The van der Waals surface area contributed by atoms with Gasteiger partial charge in [0.1, 0.15) is 0 Å². The highest BCUT2D eigenvalue weighted by Crippen LogP contribution is 2.25. The monoisotopic (exact) mass is 396 g/mol. The molecule has 1 heterocycles. The molecule has 0 saturated carbocycles. The fourth-order valence-electron chi connectivity index (χ4n) is 3.51. The van der Waals surface area contributed by atoms with Crippen molar-refractivity contribution in [1.29, 1.82) is 5.26 Å². The second kappa shape index (κ2) is 9.59. The van der Waals surface area contributed by atoms with E-state index in [1.165, 1.54) is 11.3 Å². The first-order chi connectivity index (χ1) is 13.6. The molecule has 2 aromatic carbocycles. The van der Waals surface area contributed by atoms with Crippen LogP contribution < -0.4 is 9.80 Å². The standard InChI is InChI=1S/C22H25ClN4O/c1-18-8-9-19(23)16-21(18)26-14-12-25(13-15-26)17-22(28)27(11-5-10-24)20-6-3-2-4-7-20/h2-4,6-9,16H,5,11-15,17H2,1H3. The fraction of sp³-hybridized carbons (Fsp3) is 0.364. The zero-order valence-corrected chi connectivity index (χ0v) is 16.9. The zero-order valence-electron chi connectivity index (χ0n) is 16.1. The first-order valence-corrected chi connectivity index (χ1v) is 9.92. The van der Waals surface area contributed by atoms with Gasteiger partial charge in [0.25, 0.3) is 0 Å². The number of carbonyl (C=O) groups excluding carboxylic acids is 1. The second-order valence-electron chi connectivity index (χ2n) is 6.98. The molecule has 6 heteroatoms. The average molecular weight is 397 g/mol. The Morgan fingerprint density at radius 2 is 1.86 bits per heavy atom. The quantitative estimate of drug-likeness (QED) is 0.746. The van der Waals surface area contributed by atoms with E-state index < -0.39 is 0 Å². The van der Waals surface area contributed by atoms with Gasteiger partial charge in [-0.1, -0.05) is 35.9 Å². The third-order valence-electron chi connectivity index (χ3n) is 5.06. The van der Waals surface area contributed by atoms with E-state index in [-0.39, 0.29) is 5.91 Å². The molecule has 1 saturated heterocycles. The Kier molecular flexibility index (Phi) is 6.91. The number of carbonyl (C=O) groups is 1. The molecule has 28 heavy (non-hydrogen) atoms. The van der Waals surface area contributed by atoms with Crippen molar-refractivity contribution in [2.24, 2.45) is 0 Å². The van der Waals surface area contributed by atoms with Gasteiger partial charge in [0, 0.05) is 49.1 Å². The van der Waals surface area contributed by atoms with Gasteiger partial charge in [-0.05, 0) is 36.8 Å². The summed E-state index contributed by atoms with van der Waals surface area (Å²) < 4.78 is 0. The Morgan fingerprint density at radius 3 is 2.54 bits per heavy atom. The lowest BCUT2D eigenvalue weighted by atomic mass is 10.1. The van der Waals surface area contributed by atoms with Crippen LogP contribution in [0, 0.1) is 18.3 Å². The van der Waals surface area contributed by atoms with Crippen LogP contribution in [0.5, 0.6) is 0 Å². The SMILES string of the molecule is Cc1ccc(Cl)cc1N1CCN(CC(=O)N(CCC#N)c2ccccc2)CC1. The number of para-hydroxylation sites is 1. The molecule has 0 radical (unpaired) electrons. The van der Waals surface area contributed by atoms with E-state index in [1.807, 2.05) is 48.5 Å². The lowest BCUT2D eigenvalue weighted by Crippen LogP contribution is -2.50. The van der Waals surface area contributed by atoms with E-state index >= 15 is 0 Å². The molecule has 1 amide bonds. The normalized spacial score (nSPS) is 14.5. The number of anilines is 2. The van der Waals surface area contributed by atoms with Gasteiger partial charge >= 0.3 is 0 Å². The lowest BCUT2D eigenvalue weighted by molar-refractivity contribution is -0.119. The summed E-state index contributed by atoms with van der Waals surface area (Å²) in [5.41, 5.74) is 3.22. The Balaban J connectivity index is 1.60. The Morgan fingerprint density at radius 1 is 1.14 bits per heavy atom. The predicted octanol–water partition coefficient (Wildman–Crippen LogP) is 3.72. The maximum atomic E-state index is 12.9. The molecule has 0 spiro atoms. The van der Waals surface area contributed by atoms with Crippen LogP contribution in [0.4, 0.5) is 11.4 Å². The first-order valence-electron chi connectivity index (χ1n) is 9.54. The number of nitriles is 1. The van der Waals surface area contributed by atoms with E-state index in [4.69, 9.17) is 16.9 Å². The number of halogens is 1. The van der Waals surface area contributed by atoms with Crippen LogP contribution in [0.2, 0.25) is 5.02 Å². The minimum atomic E-state index is 0.0360. The number of hydrogen-bond acceptors (Lipinski definition) is 4. The summed E-state index contributed by atoms with van der Waals surface area (Å²) >= 11 is 6.16. The molecule has 0 bridgehead atoms. The van der Waals surface area contributed by atoms with Crippen LogP contribution in [0.15, 0.2) is 48.5 Å². The number of aryl methyl sites for hydroxylation is 1. The van der Waals surface area contributed by atoms with Gasteiger partial charge in [-0.3, -0.25) is 9.69 Å². The van der Waals surface area contributed by atoms with Crippen LogP contribution in [0.3, 0.4) is 0 Å². The fourth-order valence-corrected chi connectivity index (χ4v) is 3.68. The third-order valence-corrected chi connectivity index (χ3v) is 5.29. The highest BCUT2D eigenvalue weighted by molar-refractivity contribution is 6.30. The number of amides is 1. The lowest BCUT2D eigenvalue weighted by Gasteiger charge is -2.37. The highest BCUT2D eigenvalue weighted by atomic mass is 35.5. The third kappa shape index (κ3) is 5.03. The molecule has 0 atom stereocenters. The molecule has 5 nitrogen and oxygen atoms in total. The van der Waals surface area contributed by atoms with Crippen molar-refractivity contribution < 1.29 is 4.79 Å². The van der Waals surface area contributed by atoms with Crippen molar-refractivity contribution in [1.82, 2.24) is 4.90 Å². The van der Waals surface area contributed by atoms with Crippen molar-refractivity contribution in [2.75, 3.05) is 49.1 Å². The predicted molar refractivity (Wildman–Crippen MR) is 114 cm³/mol. The topological polar surface area (TPSA) is 50.6 Å². The summed E-state index contributed by atoms with van der Waals surface area (Å²) in [4.78, 5) is 19.1. The molecule has 2 aromatic rings. The smallest absolute Gasteiger partial charge is 0.241 e. The number of rotatable bonds is 6.